The predicted molar refractivity (Wildman–Crippen MR) is 73.4 cm³/mol. The van der Waals surface area contributed by atoms with Crippen LogP contribution in [0.3, 0.4) is 0 Å². The van der Waals surface area contributed by atoms with Gasteiger partial charge in [-0.2, -0.15) is 0 Å². The molecule has 3 nitrogen and oxygen atoms in total. The average molecular weight is 265 g/mol. The fourth-order valence-corrected chi connectivity index (χ4v) is 2.36. The van der Waals surface area contributed by atoms with Crippen LogP contribution in [0.4, 0.5) is 10.1 Å². The fourth-order valence-electron chi connectivity index (χ4n) is 1.81. The molecular formula is C13H16FN3S. The van der Waals surface area contributed by atoms with Crippen LogP contribution in [0.25, 0.3) is 0 Å². The van der Waals surface area contributed by atoms with Gasteiger partial charge in [0.2, 0.25) is 0 Å². The molecule has 2 aromatic rings. The van der Waals surface area contributed by atoms with Gasteiger partial charge in [-0.25, -0.2) is 9.37 Å². The zero-order valence-electron chi connectivity index (χ0n) is 10.5. The van der Waals surface area contributed by atoms with Crippen molar-refractivity contribution in [1.82, 2.24) is 10.3 Å². The Labute approximate surface area is 110 Å². The summed E-state index contributed by atoms with van der Waals surface area (Å²) >= 11 is 1.57. The first kappa shape index (κ1) is 13.0. The van der Waals surface area contributed by atoms with Crippen molar-refractivity contribution in [3.05, 3.63) is 46.2 Å². The lowest BCUT2D eigenvalue weighted by atomic mass is 10.1. The van der Waals surface area contributed by atoms with Crippen molar-refractivity contribution in [2.24, 2.45) is 0 Å². The molecule has 0 radical (unpaired) electrons. The highest BCUT2D eigenvalue weighted by atomic mass is 32.1. The summed E-state index contributed by atoms with van der Waals surface area (Å²) in [5.74, 6) is -0.206. The van der Waals surface area contributed by atoms with Crippen molar-refractivity contribution >= 4 is 17.0 Å². The summed E-state index contributed by atoms with van der Waals surface area (Å²) in [5.41, 5.74) is 4.62. The summed E-state index contributed by atoms with van der Waals surface area (Å²) in [4.78, 5) is 6.23. The minimum atomic E-state index is -0.206. The van der Waals surface area contributed by atoms with Gasteiger partial charge in [-0.05, 0) is 30.8 Å². The largest absolute Gasteiger partial charge is 0.369 e. The standard InChI is InChI=1S/C13H16FN3S/c1-15-6-10-3-11(14)5-13(4-10)17(2)7-12-8-18-9-16-12/h3-5,8-9,15H,6-7H2,1-2H3. The third-order valence-corrected chi connectivity index (χ3v) is 3.28. The van der Waals surface area contributed by atoms with E-state index < -0.39 is 0 Å². The minimum Gasteiger partial charge on any atom is -0.369 e. The Morgan fingerprint density at radius 2 is 2.22 bits per heavy atom. The monoisotopic (exact) mass is 265 g/mol. The number of halogens is 1. The van der Waals surface area contributed by atoms with Gasteiger partial charge in [0.15, 0.2) is 0 Å². The van der Waals surface area contributed by atoms with Gasteiger partial charge in [-0.3, -0.25) is 0 Å². The molecule has 0 aliphatic heterocycles. The van der Waals surface area contributed by atoms with Gasteiger partial charge < -0.3 is 10.2 Å². The van der Waals surface area contributed by atoms with Gasteiger partial charge in [0.05, 0.1) is 17.7 Å². The Bertz CT molecular complexity index is 499. The van der Waals surface area contributed by atoms with Gasteiger partial charge >= 0.3 is 0 Å². The van der Waals surface area contributed by atoms with Crippen LogP contribution in [-0.2, 0) is 13.1 Å². The van der Waals surface area contributed by atoms with Gasteiger partial charge in [0.1, 0.15) is 5.82 Å². The molecule has 96 valence electrons. The van der Waals surface area contributed by atoms with Crippen molar-refractivity contribution in [1.29, 1.82) is 0 Å². The van der Waals surface area contributed by atoms with E-state index >= 15 is 0 Å². The lowest BCUT2D eigenvalue weighted by Gasteiger charge is -2.19. The van der Waals surface area contributed by atoms with E-state index in [2.05, 4.69) is 10.3 Å². The van der Waals surface area contributed by atoms with Gasteiger partial charge in [0, 0.05) is 24.7 Å². The molecule has 0 spiro atoms. The zero-order chi connectivity index (χ0) is 13.0. The fraction of sp³-hybridized carbons (Fsp3) is 0.308. The van der Waals surface area contributed by atoms with Crippen molar-refractivity contribution in [2.75, 3.05) is 19.0 Å². The van der Waals surface area contributed by atoms with Crippen LogP contribution >= 0.6 is 11.3 Å². The number of hydrogen-bond acceptors (Lipinski definition) is 4. The van der Waals surface area contributed by atoms with Crippen LogP contribution in [0.5, 0.6) is 0 Å². The van der Waals surface area contributed by atoms with Crippen molar-refractivity contribution in [3.63, 3.8) is 0 Å². The van der Waals surface area contributed by atoms with Crippen LogP contribution in [0.1, 0.15) is 11.3 Å². The van der Waals surface area contributed by atoms with E-state index in [0.717, 1.165) is 16.9 Å². The molecule has 18 heavy (non-hydrogen) atoms. The smallest absolute Gasteiger partial charge is 0.125 e. The molecule has 0 aliphatic rings. The van der Waals surface area contributed by atoms with Crippen molar-refractivity contribution < 1.29 is 4.39 Å². The van der Waals surface area contributed by atoms with E-state index in [9.17, 15) is 4.39 Å². The number of benzene rings is 1. The Morgan fingerprint density at radius 1 is 1.39 bits per heavy atom. The van der Waals surface area contributed by atoms with E-state index in [0.29, 0.717) is 13.1 Å². The highest BCUT2D eigenvalue weighted by molar-refractivity contribution is 7.07. The van der Waals surface area contributed by atoms with Crippen LogP contribution in [0.15, 0.2) is 29.1 Å². The number of hydrogen-bond donors (Lipinski definition) is 1. The maximum Gasteiger partial charge on any atom is 0.125 e. The number of nitrogens with zero attached hydrogens (tertiary/aromatic N) is 2. The lowest BCUT2D eigenvalue weighted by molar-refractivity contribution is 0.623. The summed E-state index contributed by atoms with van der Waals surface area (Å²) in [5, 5.41) is 5.03. The summed E-state index contributed by atoms with van der Waals surface area (Å²) in [7, 11) is 3.79. The first-order chi connectivity index (χ1) is 8.69. The first-order valence-electron chi connectivity index (χ1n) is 5.71. The van der Waals surface area contributed by atoms with Crippen LogP contribution in [0, 0.1) is 5.82 Å². The molecule has 5 heteroatoms. The molecule has 1 N–H and O–H groups in total. The van der Waals surface area contributed by atoms with Crippen LogP contribution < -0.4 is 10.2 Å². The molecular weight excluding hydrogens is 249 g/mol. The molecule has 0 saturated heterocycles. The lowest BCUT2D eigenvalue weighted by Crippen LogP contribution is -2.17. The third-order valence-electron chi connectivity index (χ3n) is 2.65. The second-order valence-electron chi connectivity index (χ2n) is 4.18. The molecule has 0 saturated carbocycles. The van der Waals surface area contributed by atoms with Crippen molar-refractivity contribution in [3.8, 4) is 0 Å². The second kappa shape index (κ2) is 5.93. The molecule has 1 aromatic heterocycles. The molecule has 1 aromatic carbocycles. The van der Waals surface area contributed by atoms with E-state index in [1.807, 2.05) is 30.4 Å². The Kier molecular flexibility index (Phi) is 4.28. The second-order valence-corrected chi connectivity index (χ2v) is 4.90. The highest BCUT2D eigenvalue weighted by Crippen LogP contribution is 2.19. The van der Waals surface area contributed by atoms with Gasteiger partial charge in [0.25, 0.3) is 0 Å². The predicted octanol–water partition coefficient (Wildman–Crippen LogP) is 2.64. The number of anilines is 1. The molecule has 2 rings (SSSR count). The number of thiazole rings is 1. The van der Waals surface area contributed by atoms with Gasteiger partial charge in [-0.15, -0.1) is 11.3 Å². The maximum atomic E-state index is 13.5. The molecule has 0 aliphatic carbocycles. The SMILES string of the molecule is CNCc1cc(F)cc(N(C)Cc2cscn2)c1. The van der Waals surface area contributed by atoms with E-state index in [1.165, 1.54) is 0 Å². The summed E-state index contributed by atoms with van der Waals surface area (Å²) in [6, 6.07) is 5.09. The summed E-state index contributed by atoms with van der Waals surface area (Å²) < 4.78 is 13.5. The first-order valence-corrected chi connectivity index (χ1v) is 6.65. The number of aromatic nitrogens is 1. The molecule has 0 bridgehead atoms. The van der Waals surface area contributed by atoms with E-state index in [1.54, 1.807) is 29.0 Å². The van der Waals surface area contributed by atoms with Gasteiger partial charge in [-0.1, -0.05) is 0 Å². The van der Waals surface area contributed by atoms with E-state index in [4.69, 9.17) is 0 Å². The Hall–Kier alpha value is -1.46. The Morgan fingerprint density at radius 3 is 2.89 bits per heavy atom. The summed E-state index contributed by atoms with van der Waals surface area (Å²) in [6.45, 7) is 1.35. The normalized spacial score (nSPS) is 10.6. The minimum absolute atomic E-state index is 0.206. The van der Waals surface area contributed by atoms with Crippen LogP contribution in [-0.4, -0.2) is 19.1 Å². The number of nitrogens with one attached hydrogen (secondary N) is 1. The van der Waals surface area contributed by atoms with Crippen molar-refractivity contribution in [2.45, 2.75) is 13.1 Å². The summed E-state index contributed by atoms with van der Waals surface area (Å²) in [6.07, 6.45) is 0. The Balaban J connectivity index is 2.16. The average Bonchev–Trinajstić information content (AvgIpc) is 2.81. The highest BCUT2D eigenvalue weighted by Gasteiger charge is 2.07. The molecule has 0 unspecified atom stereocenters. The quantitative estimate of drug-likeness (QED) is 0.901. The molecule has 0 atom stereocenters. The topological polar surface area (TPSA) is 28.2 Å². The zero-order valence-corrected chi connectivity index (χ0v) is 11.3. The molecule has 1 heterocycles. The molecule has 0 fully saturated rings. The third kappa shape index (κ3) is 3.27. The number of rotatable bonds is 5. The van der Waals surface area contributed by atoms with Crippen LogP contribution in [0.2, 0.25) is 0 Å². The van der Waals surface area contributed by atoms with E-state index in [-0.39, 0.29) is 5.82 Å². The maximum absolute atomic E-state index is 13.5. The molecule has 0 amide bonds.